The summed E-state index contributed by atoms with van der Waals surface area (Å²) in [5, 5.41) is 0. The Kier molecular flexibility index (Phi) is 11.2. The molecule has 2 aromatic rings. The zero-order valence-corrected chi connectivity index (χ0v) is 19.3. The molecule has 0 atom stereocenters. The third-order valence-corrected chi connectivity index (χ3v) is 6.43. The summed E-state index contributed by atoms with van der Waals surface area (Å²) >= 11 is 0. The average molecular weight is 431 g/mol. The molecule has 0 saturated heterocycles. The number of benzene rings is 2. The molecule has 0 aliphatic carbocycles. The minimum Gasteiger partial charge on any atom is -0.285 e. The number of aryl methyl sites for hydroxylation is 1. The van der Waals surface area contributed by atoms with Crippen LogP contribution < -0.4 is 0 Å². The van der Waals surface area contributed by atoms with Gasteiger partial charge in [-0.15, -0.1) is 0 Å². The highest BCUT2D eigenvalue weighted by atomic mass is 32.2. The summed E-state index contributed by atoms with van der Waals surface area (Å²) in [5.41, 5.74) is 4.23. The second kappa shape index (κ2) is 13.6. The van der Waals surface area contributed by atoms with Crippen LogP contribution in [-0.2, 0) is 28.7 Å². The van der Waals surface area contributed by atoms with Crippen LogP contribution in [0.5, 0.6) is 0 Å². The van der Waals surface area contributed by atoms with E-state index in [1.165, 1.54) is 75.3 Å². The van der Waals surface area contributed by atoms with Crippen LogP contribution in [0.25, 0.3) is 0 Å². The molecule has 1 N–H and O–H groups in total. The van der Waals surface area contributed by atoms with Crippen LogP contribution in [0.1, 0.15) is 93.4 Å². The molecule has 0 spiro atoms. The maximum Gasteiger partial charge on any atom is 0.269 e. The lowest BCUT2D eigenvalue weighted by Crippen LogP contribution is -2.05. The van der Waals surface area contributed by atoms with Gasteiger partial charge < -0.3 is 0 Å². The Hall–Kier alpha value is -1.65. The van der Waals surface area contributed by atoms with E-state index in [4.69, 9.17) is 0 Å². The summed E-state index contributed by atoms with van der Waals surface area (Å²) < 4.78 is 31.9. The van der Waals surface area contributed by atoms with E-state index in [2.05, 4.69) is 25.1 Å². The van der Waals surface area contributed by atoms with Crippen molar-refractivity contribution in [2.24, 2.45) is 0 Å². The summed E-state index contributed by atoms with van der Waals surface area (Å²) in [6.45, 7) is 2.26. The molecule has 2 aromatic carbocycles. The van der Waals surface area contributed by atoms with Gasteiger partial charge in [-0.25, -0.2) is 0 Å². The van der Waals surface area contributed by atoms with Gasteiger partial charge in [0.05, 0.1) is 0 Å². The molecule has 0 bridgehead atoms. The second-order valence-electron chi connectivity index (χ2n) is 8.37. The summed E-state index contributed by atoms with van der Waals surface area (Å²) in [4.78, 5) is 0. The Morgan fingerprint density at radius 3 is 1.60 bits per heavy atom. The van der Waals surface area contributed by atoms with Crippen LogP contribution in [0, 0.1) is 0 Å². The molecule has 0 aromatic heterocycles. The fraction of sp³-hybridized carbons (Fsp3) is 0.538. The van der Waals surface area contributed by atoms with Crippen molar-refractivity contribution in [3.8, 4) is 0 Å². The Morgan fingerprint density at radius 2 is 1.07 bits per heavy atom. The van der Waals surface area contributed by atoms with E-state index in [1.54, 1.807) is 6.07 Å². The lowest BCUT2D eigenvalue weighted by Gasteiger charge is -2.12. The van der Waals surface area contributed by atoms with E-state index in [1.807, 2.05) is 24.3 Å². The molecule has 166 valence electrons. The monoisotopic (exact) mass is 430 g/mol. The first kappa shape index (κ1) is 24.6. The van der Waals surface area contributed by atoms with Crippen molar-refractivity contribution in [3.05, 3.63) is 70.8 Å². The first-order chi connectivity index (χ1) is 14.5. The molecule has 0 saturated carbocycles. The van der Waals surface area contributed by atoms with Crippen LogP contribution >= 0.6 is 0 Å². The zero-order chi connectivity index (χ0) is 21.7. The highest BCUT2D eigenvalue weighted by Crippen LogP contribution is 2.21. The standard InChI is InChI=1S/C26H38O3S/c1-2-3-4-5-6-7-8-9-10-11-16-23-17-12-13-18-24(23)21-25-19-14-15-20-26(25)22-30(27,28)29/h12-15,17-20H,2-11,16,21-22H2,1H3,(H,27,28,29). The van der Waals surface area contributed by atoms with Crippen molar-refractivity contribution in [1.82, 2.24) is 0 Å². The molecule has 0 unspecified atom stereocenters. The van der Waals surface area contributed by atoms with Crippen molar-refractivity contribution in [2.45, 2.75) is 89.7 Å². The van der Waals surface area contributed by atoms with Crippen molar-refractivity contribution in [2.75, 3.05) is 0 Å². The molecular weight excluding hydrogens is 392 g/mol. The smallest absolute Gasteiger partial charge is 0.269 e. The van der Waals surface area contributed by atoms with E-state index in [-0.39, 0.29) is 5.75 Å². The largest absolute Gasteiger partial charge is 0.285 e. The van der Waals surface area contributed by atoms with Gasteiger partial charge in [0, 0.05) is 0 Å². The van der Waals surface area contributed by atoms with Crippen molar-refractivity contribution in [3.63, 3.8) is 0 Å². The quantitative estimate of drug-likeness (QED) is 0.241. The molecule has 0 fully saturated rings. The average Bonchev–Trinajstić information content (AvgIpc) is 2.71. The third-order valence-electron chi connectivity index (χ3n) is 5.76. The number of rotatable bonds is 15. The molecule has 0 amide bonds. The van der Waals surface area contributed by atoms with Crippen molar-refractivity contribution < 1.29 is 13.0 Å². The zero-order valence-electron chi connectivity index (χ0n) is 18.5. The Morgan fingerprint density at radius 1 is 0.633 bits per heavy atom. The molecule has 0 heterocycles. The fourth-order valence-electron chi connectivity index (χ4n) is 4.05. The van der Waals surface area contributed by atoms with Gasteiger partial charge in [0.2, 0.25) is 0 Å². The second-order valence-corrected chi connectivity index (χ2v) is 9.82. The number of hydrogen-bond donors (Lipinski definition) is 1. The predicted octanol–water partition coefficient (Wildman–Crippen LogP) is 7.13. The molecule has 0 radical (unpaired) electrons. The van der Waals surface area contributed by atoms with E-state index in [0.29, 0.717) is 12.0 Å². The van der Waals surface area contributed by atoms with Crippen LogP contribution in [-0.4, -0.2) is 13.0 Å². The first-order valence-electron chi connectivity index (χ1n) is 11.6. The molecule has 0 aliphatic rings. The number of hydrogen-bond acceptors (Lipinski definition) is 2. The van der Waals surface area contributed by atoms with Crippen LogP contribution in [0.4, 0.5) is 0 Å². The maximum absolute atomic E-state index is 11.3. The number of unbranched alkanes of at least 4 members (excludes halogenated alkanes) is 9. The predicted molar refractivity (Wildman–Crippen MR) is 126 cm³/mol. The highest BCUT2D eigenvalue weighted by Gasteiger charge is 2.12. The molecule has 30 heavy (non-hydrogen) atoms. The summed E-state index contributed by atoms with van der Waals surface area (Å²) in [7, 11) is -4.03. The minimum absolute atomic E-state index is 0.330. The fourth-order valence-corrected chi connectivity index (χ4v) is 4.72. The van der Waals surface area contributed by atoms with Gasteiger partial charge in [-0.1, -0.05) is 113 Å². The Bertz CT molecular complexity index is 843. The Balaban J connectivity index is 1.82. The van der Waals surface area contributed by atoms with Gasteiger partial charge in [0.25, 0.3) is 10.1 Å². The van der Waals surface area contributed by atoms with E-state index in [0.717, 1.165) is 12.0 Å². The van der Waals surface area contributed by atoms with Crippen molar-refractivity contribution in [1.29, 1.82) is 0 Å². The van der Waals surface area contributed by atoms with Gasteiger partial charge in [0.15, 0.2) is 0 Å². The minimum atomic E-state index is -4.03. The van der Waals surface area contributed by atoms with Gasteiger partial charge >= 0.3 is 0 Å². The lowest BCUT2D eigenvalue weighted by atomic mass is 9.94. The van der Waals surface area contributed by atoms with Gasteiger partial charge in [-0.3, -0.25) is 4.55 Å². The molecule has 0 aliphatic heterocycles. The SMILES string of the molecule is CCCCCCCCCCCCc1ccccc1Cc1ccccc1CS(=O)(=O)O. The summed E-state index contributed by atoms with van der Waals surface area (Å²) in [6, 6.07) is 15.9. The molecular formula is C26H38O3S. The normalized spacial score (nSPS) is 11.7. The summed E-state index contributed by atoms with van der Waals surface area (Å²) in [5.74, 6) is -0.330. The van der Waals surface area contributed by atoms with E-state index in [9.17, 15) is 13.0 Å². The lowest BCUT2D eigenvalue weighted by molar-refractivity contribution is 0.482. The maximum atomic E-state index is 11.3. The Labute approximate surface area is 183 Å². The van der Waals surface area contributed by atoms with Crippen molar-refractivity contribution >= 4 is 10.1 Å². The summed E-state index contributed by atoms with van der Waals surface area (Å²) in [6.07, 6.45) is 15.1. The van der Waals surface area contributed by atoms with Gasteiger partial charge in [0.1, 0.15) is 5.75 Å². The van der Waals surface area contributed by atoms with Crippen LogP contribution in [0.3, 0.4) is 0 Å². The molecule has 2 rings (SSSR count). The highest BCUT2D eigenvalue weighted by molar-refractivity contribution is 7.85. The van der Waals surface area contributed by atoms with E-state index >= 15 is 0 Å². The third kappa shape index (κ3) is 9.90. The van der Waals surface area contributed by atoms with E-state index < -0.39 is 10.1 Å². The molecule has 4 heteroatoms. The first-order valence-corrected chi connectivity index (χ1v) is 13.2. The van der Waals surface area contributed by atoms with Gasteiger partial charge in [-0.05, 0) is 41.5 Å². The molecule has 3 nitrogen and oxygen atoms in total. The van der Waals surface area contributed by atoms with Crippen LogP contribution in [0.15, 0.2) is 48.5 Å². The van der Waals surface area contributed by atoms with Crippen LogP contribution in [0.2, 0.25) is 0 Å². The van der Waals surface area contributed by atoms with Gasteiger partial charge in [-0.2, -0.15) is 8.42 Å². The topological polar surface area (TPSA) is 54.4 Å².